The van der Waals surface area contributed by atoms with Gasteiger partial charge in [0.05, 0.1) is 6.07 Å². The van der Waals surface area contributed by atoms with Crippen LogP contribution in [0.3, 0.4) is 0 Å². The van der Waals surface area contributed by atoms with Crippen LogP contribution in [-0.4, -0.2) is 31.6 Å². The van der Waals surface area contributed by atoms with Crippen molar-refractivity contribution in [3.8, 4) is 6.07 Å². The Morgan fingerprint density at radius 2 is 2.39 bits per heavy atom. The lowest BCUT2D eigenvalue weighted by molar-refractivity contribution is 0.420. The number of nitrogens with zero attached hydrogens (tertiary/aromatic N) is 4. The van der Waals surface area contributed by atoms with Gasteiger partial charge in [-0.3, -0.25) is 5.32 Å². The highest BCUT2D eigenvalue weighted by molar-refractivity contribution is 7.99. The molecule has 0 aromatic carbocycles. The topological polar surface area (TPSA) is 66.5 Å². The molecule has 0 radical (unpaired) electrons. The van der Waals surface area contributed by atoms with Gasteiger partial charge in [0, 0.05) is 18.3 Å². The Balaban J connectivity index is 1.63. The van der Waals surface area contributed by atoms with Gasteiger partial charge in [0.2, 0.25) is 0 Å². The van der Waals surface area contributed by atoms with Crippen molar-refractivity contribution < 1.29 is 0 Å². The maximum Gasteiger partial charge on any atom is 0.191 e. The molecule has 2 aliphatic rings. The maximum atomic E-state index is 9.44. The standard InChI is InChI=1S/C12H17N5S/c1-17-8-14-16-11(17)18-10-4-5-12(6-10,7-13)15-9-2-3-9/h8-10,15H,2-6H2,1H3. The fourth-order valence-corrected chi connectivity index (χ4v) is 3.72. The van der Waals surface area contributed by atoms with Crippen LogP contribution < -0.4 is 5.32 Å². The number of aryl methyl sites for hydroxylation is 1. The second kappa shape index (κ2) is 4.56. The summed E-state index contributed by atoms with van der Waals surface area (Å²) in [5, 5.41) is 22.4. The zero-order valence-corrected chi connectivity index (χ0v) is 11.3. The molecule has 0 spiro atoms. The van der Waals surface area contributed by atoms with Crippen LogP contribution in [0.25, 0.3) is 0 Å². The molecule has 6 heteroatoms. The average Bonchev–Trinajstić information content (AvgIpc) is 2.94. The predicted molar refractivity (Wildman–Crippen MR) is 69.0 cm³/mol. The molecular formula is C12H17N5S. The van der Waals surface area contributed by atoms with Crippen molar-refractivity contribution in [2.75, 3.05) is 0 Å². The lowest BCUT2D eigenvalue weighted by Crippen LogP contribution is -2.43. The third-order valence-electron chi connectivity index (χ3n) is 3.68. The molecule has 1 heterocycles. The van der Waals surface area contributed by atoms with Crippen LogP contribution in [0, 0.1) is 11.3 Å². The second-order valence-corrected chi connectivity index (χ2v) is 6.59. The van der Waals surface area contributed by atoms with Gasteiger partial charge in [-0.15, -0.1) is 10.2 Å². The summed E-state index contributed by atoms with van der Waals surface area (Å²) in [5.74, 6) is 0. The molecule has 0 aliphatic heterocycles. The fraction of sp³-hybridized carbons (Fsp3) is 0.750. The molecule has 3 rings (SSSR count). The van der Waals surface area contributed by atoms with E-state index in [1.807, 2.05) is 11.6 Å². The number of aromatic nitrogens is 3. The predicted octanol–water partition coefficient (Wildman–Crippen LogP) is 1.47. The number of rotatable bonds is 4. The molecule has 2 unspecified atom stereocenters. The zero-order valence-electron chi connectivity index (χ0n) is 10.5. The van der Waals surface area contributed by atoms with Crippen LogP contribution in [-0.2, 0) is 7.05 Å². The van der Waals surface area contributed by atoms with E-state index < -0.39 is 0 Å². The van der Waals surface area contributed by atoms with Crippen LogP contribution in [0.15, 0.2) is 11.5 Å². The van der Waals surface area contributed by atoms with E-state index in [1.165, 1.54) is 12.8 Å². The van der Waals surface area contributed by atoms with E-state index in [1.54, 1.807) is 18.1 Å². The molecule has 0 saturated heterocycles. The van der Waals surface area contributed by atoms with Gasteiger partial charge in [-0.25, -0.2) is 0 Å². The molecule has 1 aromatic heterocycles. The van der Waals surface area contributed by atoms with Crippen molar-refractivity contribution in [2.45, 2.75) is 54.1 Å². The highest BCUT2D eigenvalue weighted by atomic mass is 32.2. The average molecular weight is 263 g/mol. The number of thioether (sulfide) groups is 1. The van der Waals surface area contributed by atoms with Crippen LogP contribution in [0.4, 0.5) is 0 Å². The number of nitrogens with one attached hydrogen (secondary N) is 1. The third kappa shape index (κ3) is 2.38. The molecule has 5 nitrogen and oxygen atoms in total. The van der Waals surface area contributed by atoms with Crippen molar-refractivity contribution >= 4 is 11.8 Å². The Kier molecular flexibility index (Phi) is 3.04. The van der Waals surface area contributed by atoms with Crippen LogP contribution in [0.5, 0.6) is 0 Å². The Morgan fingerprint density at radius 3 is 3.00 bits per heavy atom. The highest BCUT2D eigenvalue weighted by Crippen LogP contribution is 2.40. The first-order chi connectivity index (χ1) is 8.71. The summed E-state index contributed by atoms with van der Waals surface area (Å²) in [4.78, 5) is 0. The summed E-state index contributed by atoms with van der Waals surface area (Å²) < 4.78 is 1.94. The van der Waals surface area contributed by atoms with Gasteiger partial charge in [-0.1, -0.05) is 11.8 Å². The zero-order chi connectivity index (χ0) is 12.6. The first-order valence-corrected chi connectivity index (χ1v) is 7.28. The summed E-state index contributed by atoms with van der Waals surface area (Å²) in [6.07, 6.45) is 7.12. The number of nitriles is 1. The van der Waals surface area contributed by atoms with Crippen LogP contribution in [0.1, 0.15) is 32.1 Å². The van der Waals surface area contributed by atoms with Gasteiger partial charge in [0.15, 0.2) is 5.16 Å². The Morgan fingerprint density at radius 1 is 1.56 bits per heavy atom. The highest BCUT2D eigenvalue weighted by Gasteiger charge is 2.43. The molecular weight excluding hydrogens is 246 g/mol. The van der Waals surface area contributed by atoms with Crippen LogP contribution >= 0.6 is 11.8 Å². The molecule has 2 atom stereocenters. The Hall–Kier alpha value is -1.06. The first-order valence-electron chi connectivity index (χ1n) is 6.40. The lowest BCUT2D eigenvalue weighted by atomic mass is 10.00. The minimum absolute atomic E-state index is 0.294. The lowest BCUT2D eigenvalue weighted by Gasteiger charge is -2.22. The van der Waals surface area contributed by atoms with Crippen molar-refractivity contribution in [3.05, 3.63) is 6.33 Å². The largest absolute Gasteiger partial charge is 0.312 e. The smallest absolute Gasteiger partial charge is 0.191 e. The third-order valence-corrected chi connectivity index (χ3v) is 5.00. The van der Waals surface area contributed by atoms with Crippen molar-refractivity contribution in [3.63, 3.8) is 0 Å². The Labute approximate surface area is 111 Å². The van der Waals surface area contributed by atoms with Crippen LogP contribution in [0.2, 0.25) is 0 Å². The number of hydrogen-bond acceptors (Lipinski definition) is 5. The molecule has 18 heavy (non-hydrogen) atoms. The molecule has 2 aliphatic carbocycles. The van der Waals surface area contributed by atoms with Crippen molar-refractivity contribution in [2.24, 2.45) is 7.05 Å². The van der Waals surface area contributed by atoms with Crippen molar-refractivity contribution in [1.82, 2.24) is 20.1 Å². The van der Waals surface area contributed by atoms with Gasteiger partial charge in [0.1, 0.15) is 11.9 Å². The SMILES string of the molecule is Cn1cnnc1SC1CCC(C#N)(NC2CC2)C1. The summed E-state index contributed by atoms with van der Waals surface area (Å²) in [5.41, 5.74) is -0.294. The van der Waals surface area contributed by atoms with Gasteiger partial charge in [0.25, 0.3) is 0 Å². The molecule has 1 aromatic rings. The maximum absolute atomic E-state index is 9.44. The van der Waals surface area contributed by atoms with E-state index in [4.69, 9.17) is 0 Å². The number of hydrogen-bond donors (Lipinski definition) is 1. The van der Waals surface area contributed by atoms with E-state index in [0.717, 1.165) is 24.4 Å². The van der Waals surface area contributed by atoms with Gasteiger partial charge in [-0.2, -0.15) is 5.26 Å². The first kappa shape index (κ1) is 12.0. The fourth-order valence-electron chi connectivity index (χ4n) is 2.51. The summed E-state index contributed by atoms with van der Waals surface area (Å²) in [6.45, 7) is 0. The molecule has 0 bridgehead atoms. The van der Waals surface area contributed by atoms with E-state index in [9.17, 15) is 5.26 Å². The quantitative estimate of drug-likeness (QED) is 0.891. The minimum Gasteiger partial charge on any atom is -0.312 e. The van der Waals surface area contributed by atoms with Gasteiger partial charge >= 0.3 is 0 Å². The summed E-state index contributed by atoms with van der Waals surface area (Å²) in [6, 6.07) is 3.09. The van der Waals surface area contributed by atoms with E-state index in [2.05, 4.69) is 21.6 Å². The van der Waals surface area contributed by atoms with E-state index >= 15 is 0 Å². The molecule has 0 amide bonds. The molecule has 1 N–H and O–H groups in total. The monoisotopic (exact) mass is 263 g/mol. The summed E-state index contributed by atoms with van der Waals surface area (Å²) in [7, 11) is 1.96. The normalized spacial score (nSPS) is 31.4. The molecule has 2 saturated carbocycles. The Bertz CT molecular complexity index is 475. The minimum atomic E-state index is -0.294. The van der Waals surface area contributed by atoms with Gasteiger partial charge < -0.3 is 4.57 Å². The second-order valence-electron chi connectivity index (χ2n) is 5.32. The van der Waals surface area contributed by atoms with E-state index in [0.29, 0.717) is 11.3 Å². The van der Waals surface area contributed by atoms with E-state index in [-0.39, 0.29) is 5.54 Å². The molecule has 96 valence electrons. The molecule has 2 fully saturated rings. The van der Waals surface area contributed by atoms with Crippen molar-refractivity contribution in [1.29, 1.82) is 5.26 Å². The van der Waals surface area contributed by atoms with Gasteiger partial charge in [-0.05, 0) is 32.1 Å². The summed E-state index contributed by atoms with van der Waals surface area (Å²) >= 11 is 1.75.